The molecule has 0 aromatic rings. The summed E-state index contributed by atoms with van der Waals surface area (Å²) in [6.45, 7) is 15.2. The molecule has 3 unspecified atom stereocenters. The minimum Gasteiger partial charge on any atom is -0.479 e. The topological polar surface area (TPSA) is 427 Å². The maximum atomic E-state index is 13.1. The van der Waals surface area contributed by atoms with Gasteiger partial charge < -0.3 is 119 Å². The Hall–Kier alpha value is -2.69. The molecular weight excluding hydrogens is 1120 g/mol. The highest BCUT2D eigenvalue weighted by Crippen LogP contribution is 2.76. The van der Waals surface area contributed by atoms with E-state index in [0.29, 0.717) is 25.7 Å². The zero-order valence-corrected chi connectivity index (χ0v) is 49.1. The van der Waals surface area contributed by atoms with Gasteiger partial charge in [-0.05, 0) is 84.9 Å². The first-order valence-corrected chi connectivity index (χ1v) is 29.3. The van der Waals surface area contributed by atoms with E-state index in [1.165, 1.54) is 6.92 Å². The fourth-order valence-electron chi connectivity index (χ4n) is 17.3. The Morgan fingerprint density at radius 3 is 1.71 bits per heavy atom. The third-order valence-corrected chi connectivity index (χ3v) is 22.1. The van der Waals surface area contributed by atoms with Crippen LogP contribution < -0.4 is 0 Å². The summed E-state index contributed by atoms with van der Waals surface area (Å²) in [7, 11) is 0. The molecule has 27 nitrogen and oxygen atoms in total. The maximum absolute atomic E-state index is 13.1. The molecule has 84 heavy (non-hydrogen) atoms. The number of aliphatic carboxylic acids is 1. The van der Waals surface area contributed by atoms with Gasteiger partial charge in [0.25, 0.3) is 0 Å². The van der Waals surface area contributed by atoms with Crippen LogP contribution in [0.5, 0.6) is 0 Å². The Kier molecular flexibility index (Phi) is 18.5. The number of allylic oxidation sites excluding steroid dienone is 1. The van der Waals surface area contributed by atoms with Crippen LogP contribution in [0.15, 0.2) is 11.6 Å². The highest BCUT2D eigenvalue weighted by atomic mass is 16.8. The van der Waals surface area contributed by atoms with E-state index < -0.39 is 223 Å². The Morgan fingerprint density at radius 2 is 1.14 bits per heavy atom. The van der Waals surface area contributed by atoms with Gasteiger partial charge in [0, 0.05) is 19.3 Å². The normalized spacial score (nSPS) is 52.4. The first-order valence-electron chi connectivity index (χ1n) is 29.3. The number of hydrogen-bond acceptors (Lipinski definition) is 26. The Labute approximate surface area is 486 Å². The Bertz CT molecular complexity index is 2430. The molecule has 9 rings (SSSR count). The second kappa shape index (κ2) is 23.6. The van der Waals surface area contributed by atoms with E-state index in [2.05, 4.69) is 19.9 Å². The highest BCUT2D eigenvalue weighted by molar-refractivity contribution is 5.73. The van der Waals surface area contributed by atoms with Gasteiger partial charge in [-0.25, -0.2) is 4.79 Å². The number of carbonyl (C=O) groups is 3. The van der Waals surface area contributed by atoms with Crippen LogP contribution in [0.25, 0.3) is 0 Å². The van der Waals surface area contributed by atoms with Crippen molar-refractivity contribution in [2.45, 2.75) is 255 Å². The summed E-state index contributed by atoms with van der Waals surface area (Å²) in [5.41, 5.74) is -5.38. The molecule has 0 aromatic heterocycles. The number of hydrogen-bond donors (Lipinski definition) is 14. The summed E-state index contributed by atoms with van der Waals surface area (Å²) in [5.74, 6) is -4.33. The Morgan fingerprint density at radius 1 is 0.583 bits per heavy atom. The number of carboxylic acids is 1. The van der Waals surface area contributed by atoms with Crippen molar-refractivity contribution < 1.29 is 133 Å². The van der Waals surface area contributed by atoms with Crippen LogP contribution in [-0.4, -0.2) is 256 Å². The number of aliphatic hydroxyl groups excluding tert-OH is 13. The van der Waals surface area contributed by atoms with Crippen LogP contribution >= 0.6 is 0 Å². The molecule has 4 saturated carbocycles. The molecule has 480 valence electrons. The smallest absolute Gasteiger partial charge is 0.335 e. The van der Waals surface area contributed by atoms with Gasteiger partial charge in [0.1, 0.15) is 67.1 Å². The molecule has 27 heteroatoms. The first-order chi connectivity index (χ1) is 39.1. The van der Waals surface area contributed by atoms with Gasteiger partial charge in [-0.15, -0.1) is 0 Å². The van der Waals surface area contributed by atoms with Crippen LogP contribution in [0.2, 0.25) is 0 Å². The van der Waals surface area contributed by atoms with E-state index in [4.69, 9.17) is 47.4 Å². The molecule has 0 radical (unpaired) electrons. The second-order valence-electron chi connectivity index (χ2n) is 27.3. The number of ether oxygens (including phenoxy) is 10. The van der Waals surface area contributed by atoms with Crippen molar-refractivity contribution >= 4 is 17.9 Å². The molecular formula is C57H90O27. The highest BCUT2D eigenvalue weighted by Gasteiger charge is 2.76. The summed E-state index contributed by atoms with van der Waals surface area (Å²) < 4.78 is 60.0. The first kappa shape index (κ1) is 65.7. The molecule has 0 aromatic carbocycles. The molecule has 4 saturated heterocycles. The molecule has 5 aliphatic carbocycles. The summed E-state index contributed by atoms with van der Waals surface area (Å²) in [6, 6.07) is 0. The lowest BCUT2D eigenvalue weighted by Gasteiger charge is -2.73. The van der Waals surface area contributed by atoms with Gasteiger partial charge in [0.15, 0.2) is 43.5 Å². The third-order valence-electron chi connectivity index (χ3n) is 22.1. The summed E-state index contributed by atoms with van der Waals surface area (Å²) in [5, 5.41) is 158. The van der Waals surface area contributed by atoms with Crippen molar-refractivity contribution in [2.24, 2.45) is 50.2 Å². The van der Waals surface area contributed by atoms with Crippen molar-refractivity contribution in [3.8, 4) is 0 Å². The molecule has 0 bridgehead atoms. The quantitative estimate of drug-likeness (QED) is 0.0475. The van der Waals surface area contributed by atoms with Gasteiger partial charge in [0.2, 0.25) is 0 Å². The van der Waals surface area contributed by atoms with Crippen LogP contribution in [-0.2, 0) is 61.8 Å². The van der Waals surface area contributed by atoms with E-state index in [1.807, 2.05) is 34.6 Å². The number of esters is 2. The third kappa shape index (κ3) is 10.3. The number of carbonyl (C=O) groups excluding carboxylic acids is 2. The van der Waals surface area contributed by atoms with Crippen LogP contribution in [0, 0.1) is 50.2 Å². The number of fused-ring (bicyclic) bond motifs is 7. The molecule has 4 heterocycles. The zero-order valence-electron chi connectivity index (χ0n) is 49.1. The van der Waals surface area contributed by atoms with Gasteiger partial charge in [-0.1, -0.05) is 60.1 Å². The second-order valence-corrected chi connectivity index (χ2v) is 27.3. The van der Waals surface area contributed by atoms with E-state index in [9.17, 15) is 85.9 Å². The molecule has 0 spiro atoms. The predicted octanol–water partition coefficient (Wildman–Crippen LogP) is -2.78. The van der Waals surface area contributed by atoms with Gasteiger partial charge in [0.05, 0.1) is 61.9 Å². The fourth-order valence-corrected chi connectivity index (χ4v) is 17.3. The lowest BCUT2D eigenvalue weighted by Crippen LogP contribution is -2.76. The molecule has 4 aliphatic heterocycles. The van der Waals surface area contributed by atoms with Gasteiger partial charge in [-0.2, -0.15) is 0 Å². The average Bonchev–Trinajstić information content (AvgIpc) is 0.755. The average molecular weight is 1210 g/mol. The molecule has 14 N–H and O–H groups in total. The monoisotopic (exact) mass is 1210 g/mol. The molecule has 9 aliphatic rings. The van der Waals surface area contributed by atoms with E-state index in [-0.39, 0.29) is 24.7 Å². The lowest BCUT2D eigenvalue weighted by atomic mass is 9.32. The van der Waals surface area contributed by atoms with E-state index >= 15 is 0 Å². The Balaban J connectivity index is 1.03. The van der Waals surface area contributed by atoms with E-state index in [1.54, 1.807) is 0 Å². The molecule has 31 atom stereocenters. The summed E-state index contributed by atoms with van der Waals surface area (Å²) in [4.78, 5) is 37.4. The van der Waals surface area contributed by atoms with Crippen molar-refractivity contribution in [3.63, 3.8) is 0 Å². The van der Waals surface area contributed by atoms with Crippen molar-refractivity contribution in [1.29, 1.82) is 0 Å². The van der Waals surface area contributed by atoms with E-state index in [0.717, 1.165) is 19.4 Å². The lowest BCUT2D eigenvalue weighted by molar-refractivity contribution is -0.386. The number of carboxylic acid groups (broad SMARTS) is 1. The maximum Gasteiger partial charge on any atom is 0.335 e. The minimum atomic E-state index is -2.14. The summed E-state index contributed by atoms with van der Waals surface area (Å²) in [6.07, 6.45) is -35.4. The zero-order chi connectivity index (χ0) is 62.0. The SMILES string of the molecule is CC(=O)O[C@@H]1[C@@H](OC(C)=O)[C@H](O)[C@@H](O[C@@H]2[C@H](O)C(C)(C)CC3C4=CCC5[C@@]6(C)CC[C@H](O[C@H]7O[C@H](C(=O)O)[C@@H](O)[C@H](O[C@H]8O[C@H](CO)[C@@H](O)[C@@H]8O)[C@H]7O[C@@H]7O[C@H](CO)[C@H](O)[C@H](O)[C@H]7O)C(C)(C)C6CC[C@@]5(C)[C@]4(C)[C@H](O)[C@H](O)[C@]32CO)O[C@H]1C. The fraction of sp³-hybridized carbons (Fsp3) is 0.912. The van der Waals surface area contributed by atoms with Crippen molar-refractivity contribution in [2.75, 3.05) is 19.8 Å². The van der Waals surface area contributed by atoms with Crippen LogP contribution in [0.3, 0.4) is 0 Å². The van der Waals surface area contributed by atoms with Crippen molar-refractivity contribution in [1.82, 2.24) is 0 Å². The van der Waals surface area contributed by atoms with Gasteiger partial charge in [-0.3, -0.25) is 9.59 Å². The van der Waals surface area contributed by atoms with Crippen LogP contribution in [0.4, 0.5) is 0 Å². The van der Waals surface area contributed by atoms with Crippen molar-refractivity contribution in [3.05, 3.63) is 11.6 Å². The largest absolute Gasteiger partial charge is 0.479 e. The van der Waals surface area contributed by atoms with Crippen LogP contribution in [0.1, 0.15) is 108 Å². The minimum absolute atomic E-state index is 0.190. The molecule has 0 amide bonds. The number of rotatable bonds is 14. The number of aliphatic hydroxyl groups is 13. The molecule has 8 fully saturated rings. The summed E-state index contributed by atoms with van der Waals surface area (Å²) >= 11 is 0. The standard InChI is InChI=1S/C57H90O27/c1-21-38(76-22(2)61)40(77-23(3)62)37(69)50(75-21)84-46-45(72)52(4,5)17-25-24-11-12-29-54(8)15-14-30(53(6,7)28(54)13-16-55(29,9)56(24,10)43(70)44(71)57(25,46)20-60)80-51-42(83-49-35(67)33(65)31(63)26(18-58)78-49)39(36(68)41(82-51)47(73)74)81-48-34(66)32(64)27(19-59)79-48/h11,21,25-46,48-51,58-60,63-72H,12-20H2,1-10H3,(H,73,74)/t21-,25?,26+,27+,28?,29?,30-,31-,32+,33-,34-,35+,36-,37-,38-,39-,40-,41-,42+,43+,44-,45-,46+,48+,49-,50+,51-,54-,55+,56-,57-/m0/s1. The van der Waals surface area contributed by atoms with Gasteiger partial charge >= 0.3 is 17.9 Å². The predicted molar refractivity (Wildman–Crippen MR) is 280 cm³/mol.